The minimum atomic E-state index is -0.430. The lowest BCUT2D eigenvalue weighted by Gasteiger charge is -2.09. The van der Waals surface area contributed by atoms with Crippen LogP contribution in [0, 0.1) is 0 Å². The molecule has 1 aliphatic rings. The standard InChI is InChI=1S/C19H31NO2/c1-2-3-4-5-6-7-8-9-10-11-12-15-20-17-13-14-18(21)19(22)16-17/h13-14,16,20H,2-12,15H2,1H3. The van der Waals surface area contributed by atoms with E-state index >= 15 is 0 Å². The molecule has 3 heteroatoms. The van der Waals surface area contributed by atoms with Crippen molar-refractivity contribution in [1.29, 1.82) is 0 Å². The summed E-state index contributed by atoms with van der Waals surface area (Å²) in [7, 11) is 0. The van der Waals surface area contributed by atoms with E-state index in [0.29, 0.717) is 0 Å². The molecule has 1 rings (SSSR count). The fourth-order valence-corrected chi connectivity index (χ4v) is 2.64. The molecule has 0 fully saturated rings. The van der Waals surface area contributed by atoms with Gasteiger partial charge in [0.15, 0.2) is 0 Å². The SMILES string of the molecule is CCCCCCCCCCCCCNC1=CC(=O)C(=O)C=C1. The molecule has 0 amide bonds. The molecule has 0 bridgehead atoms. The van der Waals surface area contributed by atoms with Crippen molar-refractivity contribution >= 4 is 11.6 Å². The molecule has 0 aromatic carbocycles. The van der Waals surface area contributed by atoms with E-state index in [1.807, 2.05) is 0 Å². The molecule has 22 heavy (non-hydrogen) atoms. The molecular weight excluding hydrogens is 274 g/mol. The van der Waals surface area contributed by atoms with Gasteiger partial charge < -0.3 is 5.32 Å². The van der Waals surface area contributed by atoms with E-state index in [9.17, 15) is 9.59 Å². The van der Waals surface area contributed by atoms with E-state index in [1.165, 1.54) is 76.4 Å². The second kappa shape index (κ2) is 12.2. The normalized spacial score (nSPS) is 14.3. The first kappa shape index (κ1) is 18.7. The van der Waals surface area contributed by atoms with Crippen LogP contribution < -0.4 is 5.32 Å². The van der Waals surface area contributed by atoms with Gasteiger partial charge in [-0.3, -0.25) is 9.59 Å². The van der Waals surface area contributed by atoms with Gasteiger partial charge >= 0.3 is 0 Å². The number of hydrogen-bond donors (Lipinski definition) is 1. The number of rotatable bonds is 13. The Morgan fingerprint density at radius 1 is 0.727 bits per heavy atom. The molecule has 0 atom stereocenters. The van der Waals surface area contributed by atoms with Gasteiger partial charge in [-0.15, -0.1) is 0 Å². The van der Waals surface area contributed by atoms with Crippen LogP contribution in [0.15, 0.2) is 23.9 Å². The third-order valence-corrected chi connectivity index (χ3v) is 4.05. The van der Waals surface area contributed by atoms with Gasteiger partial charge in [0.05, 0.1) is 0 Å². The van der Waals surface area contributed by atoms with E-state index in [0.717, 1.165) is 18.7 Å². The van der Waals surface area contributed by atoms with Crippen molar-refractivity contribution < 1.29 is 9.59 Å². The minimum absolute atomic E-state index is 0.427. The Labute approximate surface area is 135 Å². The molecule has 0 aromatic rings. The number of carbonyl (C=O) groups excluding carboxylic acids is 2. The quantitative estimate of drug-likeness (QED) is 0.310. The first-order valence-electron chi connectivity index (χ1n) is 8.96. The molecular formula is C19H31NO2. The Morgan fingerprint density at radius 2 is 1.27 bits per heavy atom. The molecule has 0 spiro atoms. The first-order chi connectivity index (χ1) is 10.7. The Morgan fingerprint density at radius 3 is 1.82 bits per heavy atom. The summed E-state index contributed by atoms with van der Waals surface area (Å²) in [4.78, 5) is 22.2. The van der Waals surface area contributed by atoms with Gasteiger partial charge in [-0.2, -0.15) is 0 Å². The van der Waals surface area contributed by atoms with E-state index in [2.05, 4.69) is 12.2 Å². The smallest absolute Gasteiger partial charge is 0.227 e. The molecule has 0 unspecified atom stereocenters. The van der Waals surface area contributed by atoms with Crippen LogP contribution in [0.2, 0.25) is 0 Å². The zero-order chi connectivity index (χ0) is 16.0. The lowest BCUT2D eigenvalue weighted by atomic mass is 10.1. The van der Waals surface area contributed by atoms with Crippen molar-refractivity contribution in [3.63, 3.8) is 0 Å². The fourth-order valence-electron chi connectivity index (χ4n) is 2.64. The molecule has 3 nitrogen and oxygen atoms in total. The highest BCUT2D eigenvalue weighted by Gasteiger charge is 2.12. The predicted molar refractivity (Wildman–Crippen MR) is 91.7 cm³/mol. The largest absolute Gasteiger partial charge is 0.385 e. The molecule has 0 saturated heterocycles. The molecule has 1 aliphatic carbocycles. The molecule has 1 N–H and O–H groups in total. The average molecular weight is 305 g/mol. The van der Waals surface area contributed by atoms with Crippen LogP contribution >= 0.6 is 0 Å². The van der Waals surface area contributed by atoms with Gasteiger partial charge in [0.1, 0.15) is 0 Å². The molecule has 0 aliphatic heterocycles. The summed E-state index contributed by atoms with van der Waals surface area (Å²) in [5.74, 6) is -0.857. The molecule has 0 saturated carbocycles. The van der Waals surface area contributed by atoms with Crippen molar-refractivity contribution in [2.45, 2.75) is 77.6 Å². The highest BCUT2D eigenvalue weighted by atomic mass is 16.2. The van der Waals surface area contributed by atoms with Crippen LogP contribution in [-0.4, -0.2) is 18.1 Å². The van der Waals surface area contributed by atoms with Crippen LogP contribution in [0.5, 0.6) is 0 Å². The highest BCUT2D eigenvalue weighted by Crippen LogP contribution is 2.11. The van der Waals surface area contributed by atoms with E-state index in [-0.39, 0.29) is 0 Å². The van der Waals surface area contributed by atoms with E-state index < -0.39 is 11.6 Å². The summed E-state index contributed by atoms with van der Waals surface area (Å²) in [5, 5.41) is 3.20. The summed E-state index contributed by atoms with van der Waals surface area (Å²) in [6, 6.07) is 0. The zero-order valence-electron chi connectivity index (χ0n) is 14.0. The third kappa shape index (κ3) is 8.81. The topological polar surface area (TPSA) is 46.2 Å². The lowest BCUT2D eigenvalue weighted by molar-refractivity contribution is -0.131. The summed E-state index contributed by atoms with van der Waals surface area (Å²) in [5.41, 5.74) is 0.761. The maximum atomic E-state index is 11.2. The summed E-state index contributed by atoms with van der Waals surface area (Å²) in [6.45, 7) is 3.13. The van der Waals surface area contributed by atoms with Crippen LogP contribution in [0.1, 0.15) is 77.6 Å². The first-order valence-corrected chi connectivity index (χ1v) is 8.96. The van der Waals surface area contributed by atoms with Gasteiger partial charge in [-0.25, -0.2) is 0 Å². The number of carbonyl (C=O) groups is 2. The molecule has 124 valence electrons. The van der Waals surface area contributed by atoms with Gasteiger partial charge in [-0.05, 0) is 18.6 Å². The second-order valence-corrected chi connectivity index (χ2v) is 6.12. The number of unbranched alkanes of at least 4 members (excludes halogenated alkanes) is 10. The number of ketones is 2. The van der Waals surface area contributed by atoms with Crippen LogP contribution in [0.25, 0.3) is 0 Å². The van der Waals surface area contributed by atoms with E-state index in [1.54, 1.807) is 6.08 Å². The van der Waals surface area contributed by atoms with Crippen LogP contribution in [-0.2, 0) is 9.59 Å². The Bertz CT molecular complexity index is 396. The van der Waals surface area contributed by atoms with Crippen molar-refractivity contribution in [2.75, 3.05) is 6.54 Å². The van der Waals surface area contributed by atoms with Gasteiger partial charge in [0, 0.05) is 18.3 Å². The van der Waals surface area contributed by atoms with Crippen molar-refractivity contribution in [2.24, 2.45) is 0 Å². The summed E-state index contributed by atoms with van der Waals surface area (Å²) in [6.07, 6.45) is 19.1. The number of allylic oxidation sites excluding steroid dienone is 3. The third-order valence-electron chi connectivity index (χ3n) is 4.05. The fraction of sp³-hybridized carbons (Fsp3) is 0.684. The molecule has 0 radical (unpaired) electrons. The van der Waals surface area contributed by atoms with Gasteiger partial charge in [-0.1, -0.05) is 71.1 Å². The summed E-state index contributed by atoms with van der Waals surface area (Å²) >= 11 is 0. The van der Waals surface area contributed by atoms with Crippen molar-refractivity contribution in [3.05, 3.63) is 23.9 Å². The molecule has 0 heterocycles. The number of hydrogen-bond acceptors (Lipinski definition) is 3. The average Bonchev–Trinajstić information content (AvgIpc) is 2.52. The number of nitrogens with one attached hydrogen (secondary N) is 1. The Kier molecular flexibility index (Phi) is 10.3. The van der Waals surface area contributed by atoms with Gasteiger partial charge in [0.25, 0.3) is 0 Å². The highest BCUT2D eigenvalue weighted by molar-refractivity contribution is 6.46. The zero-order valence-corrected chi connectivity index (χ0v) is 14.0. The monoisotopic (exact) mass is 305 g/mol. The van der Waals surface area contributed by atoms with Crippen LogP contribution in [0.4, 0.5) is 0 Å². The predicted octanol–water partition coefficient (Wildman–Crippen LogP) is 4.48. The minimum Gasteiger partial charge on any atom is -0.385 e. The second-order valence-electron chi connectivity index (χ2n) is 6.12. The lowest BCUT2D eigenvalue weighted by Crippen LogP contribution is -2.20. The Balaban J connectivity index is 1.86. The summed E-state index contributed by atoms with van der Waals surface area (Å²) < 4.78 is 0. The van der Waals surface area contributed by atoms with Gasteiger partial charge in [0.2, 0.25) is 11.6 Å². The maximum absolute atomic E-state index is 11.2. The Hall–Kier alpha value is -1.38. The maximum Gasteiger partial charge on any atom is 0.227 e. The van der Waals surface area contributed by atoms with Crippen molar-refractivity contribution in [1.82, 2.24) is 5.32 Å². The van der Waals surface area contributed by atoms with Crippen molar-refractivity contribution in [3.8, 4) is 0 Å². The molecule has 0 aromatic heterocycles. The van der Waals surface area contributed by atoms with Crippen LogP contribution in [0.3, 0.4) is 0 Å². The van der Waals surface area contributed by atoms with E-state index in [4.69, 9.17) is 0 Å².